The number of rotatable bonds is 8. The number of aromatic nitrogens is 5. The van der Waals surface area contributed by atoms with Crippen LogP contribution in [0.2, 0.25) is 0 Å². The largest absolute Gasteiger partial charge is 0.382 e. The van der Waals surface area contributed by atoms with E-state index in [0.29, 0.717) is 16.4 Å². The monoisotopic (exact) mass is 580 g/mol. The first-order valence-electron chi connectivity index (χ1n) is 13.5. The zero-order valence-corrected chi connectivity index (χ0v) is 24.9. The topological polar surface area (TPSA) is 128 Å². The molecule has 41 heavy (non-hydrogen) atoms. The number of anilines is 2. The average molecular weight is 581 g/mol. The Kier molecular flexibility index (Phi) is 8.11. The van der Waals surface area contributed by atoms with E-state index in [-0.39, 0.29) is 30.3 Å². The van der Waals surface area contributed by atoms with E-state index in [1.165, 1.54) is 18.4 Å². The zero-order chi connectivity index (χ0) is 29.3. The number of morpholine rings is 1. The lowest BCUT2D eigenvalue weighted by Gasteiger charge is -2.36. The number of nitrogens with one attached hydrogen (secondary N) is 2. The van der Waals surface area contributed by atoms with Crippen LogP contribution in [0.1, 0.15) is 45.0 Å². The van der Waals surface area contributed by atoms with E-state index in [9.17, 15) is 9.59 Å². The molecule has 2 N–H and O–H groups in total. The smallest absolute Gasteiger partial charge is 0.253 e. The minimum atomic E-state index is -0.897. The Morgan fingerprint density at radius 3 is 2.66 bits per heavy atom. The van der Waals surface area contributed by atoms with Gasteiger partial charge in [0, 0.05) is 55.3 Å². The molecule has 1 fully saturated rings. The van der Waals surface area contributed by atoms with E-state index in [2.05, 4.69) is 44.4 Å². The van der Waals surface area contributed by atoms with E-state index in [0.717, 1.165) is 30.0 Å². The van der Waals surface area contributed by atoms with E-state index >= 15 is 0 Å². The molecule has 0 spiro atoms. The maximum atomic E-state index is 13.1. The van der Waals surface area contributed by atoms with Crippen molar-refractivity contribution in [1.82, 2.24) is 29.5 Å². The highest BCUT2D eigenvalue weighted by Crippen LogP contribution is 2.30. The lowest BCUT2D eigenvalue weighted by atomic mass is 10.1. The van der Waals surface area contributed by atoms with Gasteiger partial charge in [0.1, 0.15) is 17.9 Å². The van der Waals surface area contributed by atoms with Crippen LogP contribution < -0.4 is 15.5 Å². The molecule has 0 saturated carbocycles. The molecule has 4 aromatic heterocycles. The molecule has 3 atom stereocenters. The van der Waals surface area contributed by atoms with Gasteiger partial charge in [0.05, 0.1) is 30.1 Å². The first-order valence-corrected chi connectivity index (χ1v) is 14.4. The van der Waals surface area contributed by atoms with Crippen LogP contribution in [0.4, 0.5) is 10.9 Å². The second-order valence-electron chi connectivity index (χ2n) is 11.3. The summed E-state index contributed by atoms with van der Waals surface area (Å²) in [5, 5.41) is 12.3. The lowest BCUT2D eigenvalue weighted by molar-refractivity contribution is -0.119. The molecule has 1 saturated heterocycles. The van der Waals surface area contributed by atoms with Crippen LogP contribution in [0.25, 0.3) is 16.8 Å². The van der Waals surface area contributed by atoms with Crippen LogP contribution in [-0.2, 0) is 19.8 Å². The van der Waals surface area contributed by atoms with E-state index in [1.54, 1.807) is 23.1 Å². The van der Waals surface area contributed by atoms with Gasteiger partial charge in [-0.1, -0.05) is 0 Å². The number of hydrogen-bond acceptors (Lipinski definition) is 9. The van der Waals surface area contributed by atoms with Crippen LogP contribution in [0.15, 0.2) is 42.4 Å². The Labute approximate surface area is 242 Å². The van der Waals surface area contributed by atoms with E-state index in [4.69, 9.17) is 9.47 Å². The summed E-state index contributed by atoms with van der Waals surface area (Å²) in [4.78, 5) is 37.4. The van der Waals surface area contributed by atoms with Crippen LogP contribution in [0.5, 0.6) is 0 Å². The first-order chi connectivity index (χ1) is 19.5. The molecule has 0 bridgehead atoms. The van der Waals surface area contributed by atoms with Gasteiger partial charge in [-0.15, -0.1) is 11.3 Å². The van der Waals surface area contributed by atoms with Crippen molar-refractivity contribution in [2.75, 3.05) is 37.0 Å². The number of hydrogen-bond donors (Lipinski definition) is 2. The molecule has 2 amide bonds. The third kappa shape index (κ3) is 6.42. The maximum Gasteiger partial charge on any atom is 0.253 e. The summed E-state index contributed by atoms with van der Waals surface area (Å²) in [6.45, 7) is 11.8. The first kappa shape index (κ1) is 28.7. The van der Waals surface area contributed by atoms with Crippen molar-refractivity contribution < 1.29 is 19.1 Å². The fourth-order valence-electron chi connectivity index (χ4n) is 4.85. The average Bonchev–Trinajstić information content (AvgIpc) is 3.66. The predicted molar refractivity (Wildman–Crippen MR) is 158 cm³/mol. The highest BCUT2D eigenvalue weighted by molar-refractivity contribution is 7.14. The molecule has 0 unspecified atom stereocenters. The standard InChI is InChI=1S/C28H36N8O4S/c1-17-10-34(11-18(2)40-17)24-23-9-20(13-36(23)30-16-29-24)22-15-41-27(32-22)33-26(38)21(14-39-6)31-25(37)19-7-8-35(12-19)28(3,4)5/h7-9,12-13,15-18,21H,10-11,14H2,1-6H3,(H,31,37)(H,32,33,38)/t17-,18+,21-/m0/s1. The Bertz CT molecular complexity index is 1530. The number of carbonyl (C=O) groups is 2. The summed E-state index contributed by atoms with van der Waals surface area (Å²) in [5.74, 6) is 0.0709. The number of fused-ring (bicyclic) bond motifs is 1. The Hall–Kier alpha value is -3.81. The molecule has 12 nitrogen and oxygen atoms in total. The van der Waals surface area contributed by atoms with Gasteiger partial charge in [0.15, 0.2) is 10.9 Å². The Morgan fingerprint density at radius 1 is 1.22 bits per heavy atom. The molecule has 0 aromatic carbocycles. The van der Waals surface area contributed by atoms with Crippen molar-refractivity contribution >= 4 is 39.6 Å². The summed E-state index contributed by atoms with van der Waals surface area (Å²) in [7, 11) is 1.48. The van der Waals surface area contributed by atoms with E-state index < -0.39 is 11.9 Å². The molecular weight excluding hydrogens is 544 g/mol. The summed E-state index contributed by atoms with van der Waals surface area (Å²) < 4.78 is 14.8. The lowest BCUT2D eigenvalue weighted by Crippen LogP contribution is -2.46. The summed E-state index contributed by atoms with van der Waals surface area (Å²) in [6.07, 6.45) is 7.26. The minimum Gasteiger partial charge on any atom is -0.382 e. The number of methoxy groups -OCH3 is 1. The molecule has 5 heterocycles. The van der Waals surface area contributed by atoms with Gasteiger partial charge >= 0.3 is 0 Å². The van der Waals surface area contributed by atoms with Crippen molar-refractivity contribution in [3.8, 4) is 11.3 Å². The number of amides is 2. The Balaban J connectivity index is 1.29. The van der Waals surface area contributed by atoms with Gasteiger partial charge in [-0.25, -0.2) is 14.5 Å². The quantitative estimate of drug-likeness (QED) is 0.325. The van der Waals surface area contributed by atoms with Crippen molar-refractivity contribution in [2.24, 2.45) is 0 Å². The van der Waals surface area contributed by atoms with Gasteiger partial charge < -0.3 is 29.6 Å². The normalized spacial score (nSPS) is 18.4. The molecular formula is C28H36N8O4S. The molecule has 0 aliphatic carbocycles. The molecule has 4 aromatic rings. The van der Waals surface area contributed by atoms with Crippen molar-refractivity contribution in [3.05, 3.63) is 48.0 Å². The highest BCUT2D eigenvalue weighted by atomic mass is 32.1. The highest BCUT2D eigenvalue weighted by Gasteiger charge is 2.26. The van der Waals surface area contributed by atoms with Gasteiger partial charge in [0.25, 0.3) is 11.8 Å². The number of carbonyl (C=O) groups excluding carboxylic acids is 2. The Morgan fingerprint density at radius 2 is 1.98 bits per heavy atom. The molecule has 1 aliphatic rings. The molecule has 0 radical (unpaired) electrons. The van der Waals surface area contributed by atoms with Crippen molar-refractivity contribution in [1.29, 1.82) is 0 Å². The molecule has 13 heteroatoms. The van der Waals surface area contributed by atoms with Gasteiger partial charge in [-0.3, -0.25) is 9.59 Å². The third-order valence-electron chi connectivity index (χ3n) is 6.82. The van der Waals surface area contributed by atoms with Crippen LogP contribution in [0, 0.1) is 0 Å². The minimum absolute atomic E-state index is 0.0148. The number of thiazole rings is 1. The molecule has 5 rings (SSSR count). The predicted octanol–water partition coefficient (Wildman–Crippen LogP) is 3.41. The SMILES string of the molecule is COC[C@H](NC(=O)c1ccn(C(C)(C)C)c1)C(=O)Nc1nc(-c2cc3c(N4C[C@@H](C)O[C@@H](C)C4)ncnn3c2)cs1. The molecule has 218 valence electrons. The summed E-state index contributed by atoms with van der Waals surface area (Å²) >= 11 is 1.30. The molecule has 1 aliphatic heterocycles. The second kappa shape index (κ2) is 11.6. The van der Waals surface area contributed by atoms with Crippen LogP contribution in [-0.4, -0.2) is 81.0 Å². The number of ether oxygens (including phenoxy) is 2. The zero-order valence-electron chi connectivity index (χ0n) is 24.1. The van der Waals surface area contributed by atoms with Gasteiger partial charge in [-0.05, 0) is 46.8 Å². The maximum absolute atomic E-state index is 13.1. The summed E-state index contributed by atoms with van der Waals surface area (Å²) in [6, 6.07) is 2.83. The van der Waals surface area contributed by atoms with E-state index in [1.807, 2.05) is 49.2 Å². The van der Waals surface area contributed by atoms with Crippen LogP contribution >= 0.6 is 11.3 Å². The third-order valence-corrected chi connectivity index (χ3v) is 7.58. The van der Waals surface area contributed by atoms with Crippen molar-refractivity contribution in [2.45, 2.75) is 58.4 Å². The summed E-state index contributed by atoms with van der Waals surface area (Å²) in [5.41, 5.74) is 2.72. The second-order valence-corrected chi connectivity index (χ2v) is 12.1. The van der Waals surface area contributed by atoms with Crippen molar-refractivity contribution in [3.63, 3.8) is 0 Å². The van der Waals surface area contributed by atoms with Gasteiger partial charge in [0.2, 0.25) is 0 Å². The fourth-order valence-corrected chi connectivity index (χ4v) is 5.57. The number of nitrogens with zero attached hydrogens (tertiary/aromatic N) is 6. The van der Waals surface area contributed by atoms with Crippen LogP contribution in [0.3, 0.4) is 0 Å². The van der Waals surface area contributed by atoms with Gasteiger partial charge in [-0.2, -0.15) is 5.10 Å². The fraction of sp³-hybridized carbons (Fsp3) is 0.464.